The summed E-state index contributed by atoms with van der Waals surface area (Å²) < 4.78 is 5.08. The second kappa shape index (κ2) is 7.29. The van der Waals surface area contributed by atoms with Gasteiger partial charge >= 0.3 is 0 Å². The van der Waals surface area contributed by atoms with Crippen molar-refractivity contribution in [3.05, 3.63) is 27.8 Å². The quantitative estimate of drug-likeness (QED) is 0.367. The molecule has 20 heavy (non-hydrogen) atoms. The standard InChI is InChI=1S/C12H18N4O4/c1-20-10-7-8(12(14)17)6-9(16(18)19)11(10)15-5-3-2-4-13/h6-7,15H,2-5,13H2,1H3,(H2,14,17). The van der Waals surface area contributed by atoms with Gasteiger partial charge in [0.15, 0.2) is 5.69 Å². The average molecular weight is 282 g/mol. The van der Waals surface area contributed by atoms with Crippen LogP contribution in [0.25, 0.3) is 0 Å². The lowest BCUT2D eigenvalue weighted by Crippen LogP contribution is -2.13. The molecule has 1 amide bonds. The fourth-order valence-electron chi connectivity index (χ4n) is 1.71. The minimum absolute atomic E-state index is 0.0288. The highest BCUT2D eigenvalue weighted by Gasteiger charge is 2.21. The number of nitro benzene ring substituents is 1. The number of hydrogen-bond donors (Lipinski definition) is 3. The molecule has 0 aliphatic heterocycles. The molecule has 8 nitrogen and oxygen atoms in total. The molecule has 0 aliphatic rings. The van der Waals surface area contributed by atoms with Crippen LogP contribution in [-0.2, 0) is 0 Å². The van der Waals surface area contributed by atoms with Gasteiger partial charge in [-0.05, 0) is 25.5 Å². The van der Waals surface area contributed by atoms with Gasteiger partial charge < -0.3 is 21.5 Å². The summed E-state index contributed by atoms with van der Waals surface area (Å²) in [6, 6.07) is 2.51. The summed E-state index contributed by atoms with van der Waals surface area (Å²) >= 11 is 0. The number of anilines is 1. The van der Waals surface area contributed by atoms with Crippen molar-refractivity contribution in [3.63, 3.8) is 0 Å². The van der Waals surface area contributed by atoms with Crippen LogP contribution in [0.2, 0.25) is 0 Å². The van der Waals surface area contributed by atoms with E-state index in [-0.39, 0.29) is 22.7 Å². The van der Waals surface area contributed by atoms with Gasteiger partial charge in [0.05, 0.1) is 12.0 Å². The molecule has 110 valence electrons. The Labute approximate surface area is 116 Å². The van der Waals surface area contributed by atoms with Crippen molar-refractivity contribution in [2.75, 3.05) is 25.5 Å². The van der Waals surface area contributed by atoms with Gasteiger partial charge in [-0.15, -0.1) is 0 Å². The molecule has 0 heterocycles. The van der Waals surface area contributed by atoms with Crippen LogP contribution < -0.4 is 21.5 Å². The van der Waals surface area contributed by atoms with Crippen molar-refractivity contribution in [2.45, 2.75) is 12.8 Å². The summed E-state index contributed by atoms with van der Waals surface area (Å²) in [7, 11) is 1.37. The number of amides is 1. The molecule has 5 N–H and O–H groups in total. The molecule has 0 saturated carbocycles. The maximum atomic E-state index is 11.2. The monoisotopic (exact) mass is 282 g/mol. The summed E-state index contributed by atoms with van der Waals surface area (Å²) in [5.74, 6) is -0.540. The lowest BCUT2D eigenvalue weighted by Gasteiger charge is -2.12. The number of benzene rings is 1. The lowest BCUT2D eigenvalue weighted by molar-refractivity contribution is -0.384. The Morgan fingerprint density at radius 1 is 1.45 bits per heavy atom. The zero-order valence-electron chi connectivity index (χ0n) is 11.2. The minimum atomic E-state index is -0.749. The van der Waals surface area contributed by atoms with Crippen LogP contribution in [0.5, 0.6) is 5.75 Å². The van der Waals surface area contributed by atoms with Crippen molar-refractivity contribution in [1.82, 2.24) is 0 Å². The van der Waals surface area contributed by atoms with E-state index in [4.69, 9.17) is 16.2 Å². The van der Waals surface area contributed by atoms with Gasteiger partial charge in [0.2, 0.25) is 5.91 Å². The van der Waals surface area contributed by atoms with Gasteiger partial charge in [0.25, 0.3) is 5.69 Å². The Balaban J connectivity index is 3.11. The molecule has 0 aromatic heterocycles. The SMILES string of the molecule is COc1cc(C(N)=O)cc([N+](=O)[O-])c1NCCCCN. The summed E-state index contributed by atoms with van der Waals surface area (Å²) in [6.07, 6.45) is 1.58. The van der Waals surface area contributed by atoms with Crippen molar-refractivity contribution < 1.29 is 14.5 Å². The Bertz CT molecular complexity index is 504. The fourth-order valence-corrected chi connectivity index (χ4v) is 1.71. The first kappa shape index (κ1) is 15.7. The van der Waals surface area contributed by atoms with E-state index < -0.39 is 10.8 Å². The van der Waals surface area contributed by atoms with E-state index in [0.29, 0.717) is 13.1 Å². The zero-order chi connectivity index (χ0) is 15.1. The summed E-state index contributed by atoms with van der Waals surface area (Å²) in [4.78, 5) is 21.7. The number of carbonyl (C=O) groups is 1. The first-order valence-electron chi connectivity index (χ1n) is 6.11. The maximum absolute atomic E-state index is 11.2. The molecule has 0 unspecified atom stereocenters. The van der Waals surface area contributed by atoms with E-state index >= 15 is 0 Å². The number of methoxy groups -OCH3 is 1. The largest absolute Gasteiger partial charge is 0.494 e. The number of nitro groups is 1. The number of carbonyl (C=O) groups excluding carboxylic acids is 1. The highest BCUT2D eigenvalue weighted by atomic mass is 16.6. The van der Waals surface area contributed by atoms with Gasteiger partial charge in [0, 0.05) is 18.2 Å². The predicted molar refractivity (Wildman–Crippen MR) is 74.9 cm³/mol. The van der Waals surface area contributed by atoms with E-state index in [1.54, 1.807) is 0 Å². The van der Waals surface area contributed by atoms with Crippen molar-refractivity contribution in [2.24, 2.45) is 11.5 Å². The smallest absolute Gasteiger partial charge is 0.296 e. The number of nitrogens with one attached hydrogen (secondary N) is 1. The topological polar surface area (TPSA) is 134 Å². The van der Waals surface area contributed by atoms with E-state index in [1.165, 1.54) is 13.2 Å². The van der Waals surface area contributed by atoms with E-state index in [1.807, 2.05) is 0 Å². The minimum Gasteiger partial charge on any atom is -0.494 e. The Kier molecular flexibility index (Phi) is 5.73. The molecule has 0 bridgehead atoms. The summed E-state index contributed by atoms with van der Waals surface area (Å²) in [6.45, 7) is 1.08. The Hall–Kier alpha value is -2.35. The predicted octanol–water partition coefficient (Wildman–Crippen LogP) is 0.853. The Morgan fingerprint density at radius 2 is 2.15 bits per heavy atom. The molecule has 1 aromatic carbocycles. The third kappa shape index (κ3) is 3.82. The number of ether oxygens (including phenoxy) is 1. The molecule has 0 aliphatic carbocycles. The van der Waals surface area contributed by atoms with E-state index in [9.17, 15) is 14.9 Å². The van der Waals surface area contributed by atoms with Crippen LogP contribution in [-0.4, -0.2) is 31.0 Å². The molecule has 0 spiro atoms. The number of hydrogen-bond acceptors (Lipinski definition) is 6. The van der Waals surface area contributed by atoms with Crippen molar-refractivity contribution in [3.8, 4) is 5.75 Å². The van der Waals surface area contributed by atoms with Crippen molar-refractivity contribution in [1.29, 1.82) is 0 Å². The maximum Gasteiger partial charge on any atom is 0.296 e. The average Bonchev–Trinajstić information content (AvgIpc) is 2.42. The number of primary amides is 1. The number of nitrogens with two attached hydrogens (primary N) is 2. The molecular formula is C12H18N4O4. The Morgan fingerprint density at radius 3 is 2.65 bits per heavy atom. The van der Waals surface area contributed by atoms with Gasteiger partial charge in [-0.2, -0.15) is 0 Å². The number of rotatable bonds is 8. The van der Waals surface area contributed by atoms with E-state index in [0.717, 1.165) is 18.9 Å². The molecule has 0 fully saturated rings. The van der Waals surface area contributed by atoms with Crippen LogP contribution in [0.1, 0.15) is 23.2 Å². The summed E-state index contributed by atoms with van der Waals surface area (Å²) in [5, 5.41) is 14.0. The number of unbranched alkanes of at least 4 members (excludes halogenated alkanes) is 1. The lowest BCUT2D eigenvalue weighted by atomic mass is 10.1. The molecule has 1 rings (SSSR count). The van der Waals surface area contributed by atoms with Gasteiger partial charge in [-0.25, -0.2) is 0 Å². The molecule has 0 saturated heterocycles. The molecule has 8 heteroatoms. The van der Waals surface area contributed by atoms with E-state index in [2.05, 4.69) is 5.32 Å². The van der Waals surface area contributed by atoms with Gasteiger partial charge in [-0.3, -0.25) is 14.9 Å². The van der Waals surface area contributed by atoms with Gasteiger partial charge in [-0.1, -0.05) is 0 Å². The fraction of sp³-hybridized carbons (Fsp3) is 0.417. The molecule has 1 aromatic rings. The number of nitrogens with zero attached hydrogens (tertiary/aromatic N) is 1. The normalized spacial score (nSPS) is 10.1. The zero-order valence-corrected chi connectivity index (χ0v) is 11.2. The highest BCUT2D eigenvalue weighted by Crippen LogP contribution is 2.35. The highest BCUT2D eigenvalue weighted by molar-refractivity contribution is 5.95. The van der Waals surface area contributed by atoms with Crippen LogP contribution in [0.4, 0.5) is 11.4 Å². The van der Waals surface area contributed by atoms with Crippen LogP contribution >= 0.6 is 0 Å². The third-order valence-corrected chi connectivity index (χ3v) is 2.72. The first-order valence-corrected chi connectivity index (χ1v) is 6.11. The third-order valence-electron chi connectivity index (χ3n) is 2.72. The molecular weight excluding hydrogens is 264 g/mol. The van der Waals surface area contributed by atoms with Crippen LogP contribution in [0, 0.1) is 10.1 Å². The van der Waals surface area contributed by atoms with Gasteiger partial charge in [0.1, 0.15) is 5.75 Å². The van der Waals surface area contributed by atoms with Crippen molar-refractivity contribution >= 4 is 17.3 Å². The summed E-state index contributed by atoms with van der Waals surface area (Å²) in [5.41, 5.74) is 10.5. The molecule has 0 radical (unpaired) electrons. The van der Waals surface area contributed by atoms with Crippen LogP contribution in [0.3, 0.4) is 0 Å². The van der Waals surface area contributed by atoms with Crippen LogP contribution in [0.15, 0.2) is 12.1 Å². The molecule has 0 atom stereocenters. The second-order valence-corrected chi connectivity index (χ2v) is 4.12. The first-order chi connectivity index (χ1) is 9.51. The second-order valence-electron chi connectivity index (χ2n) is 4.12.